The van der Waals surface area contributed by atoms with Crippen LogP contribution in [-0.4, -0.2) is 9.13 Å². The van der Waals surface area contributed by atoms with Gasteiger partial charge in [0.1, 0.15) is 0 Å². The molecule has 230 valence electrons. The molecular formula is C45H25N5. The van der Waals surface area contributed by atoms with E-state index in [0.29, 0.717) is 16.9 Å². The van der Waals surface area contributed by atoms with Crippen LogP contribution >= 0.6 is 0 Å². The van der Waals surface area contributed by atoms with Crippen LogP contribution in [0.4, 0.5) is 11.4 Å². The third-order valence-electron chi connectivity index (χ3n) is 9.57. The van der Waals surface area contributed by atoms with Gasteiger partial charge in [0.2, 0.25) is 0 Å². The van der Waals surface area contributed by atoms with E-state index in [0.717, 1.165) is 66.5 Å². The standard InChI is InChI=1S/C45H25N5/c1-47-31-22-23-44-38(26-31)36-16-5-9-20-42(36)50(44)43-21-10-6-17-37(43)39-27-32(48-2)24-30(28-46)45(39)29-12-11-13-33(25-29)49-40-18-7-3-14-34(40)35-15-4-8-19-41(35)49/h3-27H. The lowest BCUT2D eigenvalue weighted by Gasteiger charge is -2.19. The number of fused-ring (bicyclic) bond motifs is 6. The molecule has 0 amide bonds. The SMILES string of the molecule is [C-]#[N+]c1cc(C#N)c(-c2cccc(-n3c4ccccc4c4ccccc43)c2)c(-c2ccccc2-n2c3ccccc3c3cc([N+]#[C-])ccc32)c1. The fourth-order valence-corrected chi connectivity index (χ4v) is 7.49. The zero-order chi connectivity index (χ0) is 33.8. The predicted molar refractivity (Wildman–Crippen MR) is 203 cm³/mol. The highest BCUT2D eigenvalue weighted by Crippen LogP contribution is 2.44. The van der Waals surface area contributed by atoms with Crippen molar-refractivity contribution in [3.8, 4) is 39.7 Å². The van der Waals surface area contributed by atoms with Crippen molar-refractivity contribution in [1.29, 1.82) is 5.26 Å². The van der Waals surface area contributed by atoms with E-state index in [2.05, 4.69) is 110 Å². The van der Waals surface area contributed by atoms with Crippen molar-refractivity contribution in [2.24, 2.45) is 0 Å². The molecule has 0 radical (unpaired) electrons. The maximum absolute atomic E-state index is 10.6. The summed E-state index contributed by atoms with van der Waals surface area (Å²) in [6.45, 7) is 15.6. The summed E-state index contributed by atoms with van der Waals surface area (Å²) in [6.07, 6.45) is 0. The molecule has 50 heavy (non-hydrogen) atoms. The van der Waals surface area contributed by atoms with Crippen molar-refractivity contribution in [2.75, 3.05) is 0 Å². The Bertz CT molecular complexity index is 2920. The summed E-state index contributed by atoms with van der Waals surface area (Å²) < 4.78 is 4.50. The Hall–Kier alpha value is -7.39. The lowest BCUT2D eigenvalue weighted by atomic mass is 9.89. The number of benzene rings is 7. The van der Waals surface area contributed by atoms with Crippen molar-refractivity contribution in [3.05, 3.63) is 180 Å². The van der Waals surface area contributed by atoms with E-state index in [-0.39, 0.29) is 0 Å². The van der Waals surface area contributed by atoms with Crippen LogP contribution in [0.1, 0.15) is 5.56 Å². The Labute approximate surface area is 288 Å². The second-order valence-corrected chi connectivity index (χ2v) is 12.2. The Morgan fingerprint density at radius 3 is 1.76 bits per heavy atom. The minimum absolute atomic E-state index is 0.401. The molecule has 9 rings (SSSR count). The molecule has 0 saturated heterocycles. The molecule has 9 aromatic rings. The van der Waals surface area contributed by atoms with Crippen LogP contribution < -0.4 is 0 Å². The highest BCUT2D eigenvalue weighted by molar-refractivity contribution is 6.11. The summed E-state index contributed by atoms with van der Waals surface area (Å²) in [5.74, 6) is 0. The van der Waals surface area contributed by atoms with Gasteiger partial charge in [-0.2, -0.15) is 5.26 Å². The van der Waals surface area contributed by atoms with Crippen molar-refractivity contribution in [1.82, 2.24) is 9.13 Å². The molecule has 2 heterocycles. The van der Waals surface area contributed by atoms with Crippen molar-refractivity contribution in [2.45, 2.75) is 0 Å². The summed E-state index contributed by atoms with van der Waals surface area (Å²) in [5.41, 5.74) is 10.9. The molecule has 5 heteroatoms. The Morgan fingerprint density at radius 2 is 1.08 bits per heavy atom. The average molecular weight is 636 g/mol. The number of nitriles is 1. The quantitative estimate of drug-likeness (QED) is 0.177. The van der Waals surface area contributed by atoms with Crippen molar-refractivity contribution >= 4 is 55.0 Å². The fourth-order valence-electron chi connectivity index (χ4n) is 7.49. The van der Waals surface area contributed by atoms with Gasteiger partial charge < -0.3 is 9.13 Å². The molecule has 0 spiro atoms. The van der Waals surface area contributed by atoms with Crippen LogP contribution in [0, 0.1) is 24.5 Å². The third kappa shape index (κ3) is 4.31. The summed E-state index contributed by atoms with van der Waals surface area (Å²) in [4.78, 5) is 7.49. The number of hydrogen-bond donors (Lipinski definition) is 0. The number of nitrogens with zero attached hydrogens (tertiary/aromatic N) is 5. The minimum atomic E-state index is 0.401. The number of para-hydroxylation sites is 4. The average Bonchev–Trinajstić information content (AvgIpc) is 3.70. The van der Waals surface area contributed by atoms with E-state index in [1.165, 1.54) is 10.8 Å². The summed E-state index contributed by atoms with van der Waals surface area (Å²) in [6, 6.07) is 53.4. The van der Waals surface area contributed by atoms with Gasteiger partial charge in [0, 0.05) is 33.0 Å². The summed E-state index contributed by atoms with van der Waals surface area (Å²) in [7, 11) is 0. The molecule has 0 atom stereocenters. The smallest absolute Gasteiger partial charge is 0.189 e. The molecule has 0 bridgehead atoms. The number of rotatable bonds is 4. The molecule has 2 aromatic heterocycles. The molecule has 7 aromatic carbocycles. The second kappa shape index (κ2) is 11.4. The molecule has 0 saturated carbocycles. The lowest BCUT2D eigenvalue weighted by Crippen LogP contribution is -1.99. The molecule has 0 aliphatic rings. The number of aromatic nitrogens is 2. The van der Waals surface area contributed by atoms with Crippen LogP contribution in [0.25, 0.3) is 86.9 Å². The van der Waals surface area contributed by atoms with Crippen LogP contribution in [0.2, 0.25) is 0 Å². The van der Waals surface area contributed by atoms with Gasteiger partial charge in [0.15, 0.2) is 11.4 Å². The molecule has 0 unspecified atom stereocenters. The fraction of sp³-hybridized carbons (Fsp3) is 0. The topological polar surface area (TPSA) is 42.4 Å². The maximum atomic E-state index is 10.6. The van der Waals surface area contributed by atoms with Crippen LogP contribution in [0.15, 0.2) is 152 Å². The molecule has 5 nitrogen and oxygen atoms in total. The van der Waals surface area contributed by atoms with Gasteiger partial charge >= 0.3 is 0 Å². The maximum Gasteiger partial charge on any atom is 0.189 e. The summed E-state index contributed by atoms with van der Waals surface area (Å²) >= 11 is 0. The Morgan fingerprint density at radius 1 is 0.480 bits per heavy atom. The van der Waals surface area contributed by atoms with E-state index in [9.17, 15) is 5.26 Å². The third-order valence-corrected chi connectivity index (χ3v) is 9.57. The van der Waals surface area contributed by atoms with Crippen LogP contribution in [-0.2, 0) is 0 Å². The van der Waals surface area contributed by atoms with Crippen LogP contribution in [0.3, 0.4) is 0 Å². The van der Waals surface area contributed by atoms with E-state index < -0.39 is 0 Å². The predicted octanol–water partition coefficient (Wildman–Crippen LogP) is 12.2. The van der Waals surface area contributed by atoms with Crippen molar-refractivity contribution in [3.63, 3.8) is 0 Å². The molecule has 0 fully saturated rings. The van der Waals surface area contributed by atoms with Crippen molar-refractivity contribution < 1.29 is 0 Å². The monoisotopic (exact) mass is 635 g/mol. The van der Waals surface area contributed by atoms with Gasteiger partial charge in [-0.1, -0.05) is 91.0 Å². The lowest BCUT2D eigenvalue weighted by molar-refractivity contribution is 1.18. The normalized spacial score (nSPS) is 11.1. The Kier molecular flexibility index (Phi) is 6.56. The highest BCUT2D eigenvalue weighted by Gasteiger charge is 2.21. The van der Waals surface area contributed by atoms with E-state index in [4.69, 9.17) is 13.1 Å². The van der Waals surface area contributed by atoms with E-state index in [1.54, 1.807) is 6.07 Å². The molecule has 0 N–H and O–H groups in total. The molecular weight excluding hydrogens is 611 g/mol. The van der Waals surface area contributed by atoms with E-state index in [1.807, 2.05) is 60.7 Å². The molecule has 0 aliphatic heterocycles. The van der Waals surface area contributed by atoms with Gasteiger partial charge in [-0.05, 0) is 77.2 Å². The zero-order valence-corrected chi connectivity index (χ0v) is 26.7. The molecule has 0 aliphatic carbocycles. The van der Waals surface area contributed by atoms with Gasteiger partial charge in [-0.15, -0.1) is 0 Å². The van der Waals surface area contributed by atoms with Gasteiger partial charge in [0.05, 0.1) is 52.5 Å². The zero-order valence-electron chi connectivity index (χ0n) is 26.7. The first-order valence-electron chi connectivity index (χ1n) is 16.2. The van der Waals surface area contributed by atoms with Gasteiger partial charge in [-0.3, -0.25) is 0 Å². The highest BCUT2D eigenvalue weighted by atomic mass is 15.0. The Balaban J connectivity index is 1.33. The van der Waals surface area contributed by atoms with E-state index >= 15 is 0 Å². The second-order valence-electron chi connectivity index (χ2n) is 12.2. The first-order valence-corrected chi connectivity index (χ1v) is 16.2. The van der Waals surface area contributed by atoms with Gasteiger partial charge in [-0.25, -0.2) is 9.69 Å². The first-order chi connectivity index (χ1) is 24.7. The summed E-state index contributed by atoms with van der Waals surface area (Å²) in [5, 5.41) is 15.0. The first kappa shape index (κ1) is 28.8. The minimum Gasteiger partial charge on any atom is -0.309 e. The van der Waals surface area contributed by atoms with Gasteiger partial charge in [0.25, 0.3) is 0 Å². The van der Waals surface area contributed by atoms with Crippen LogP contribution in [0.5, 0.6) is 0 Å². The largest absolute Gasteiger partial charge is 0.309 e. The number of hydrogen-bond acceptors (Lipinski definition) is 1.